The molecular formula is C25H29IN2O4Si. The number of aryl methyl sites for hydroxylation is 1. The van der Waals surface area contributed by atoms with Crippen LogP contribution >= 0.6 is 22.6 Å². The number of Topliss-reactive ketones (excluding diaryl/α,β-unsaturated/α-hetero) is 1. The molecule has 1 aromatic rings. The Morgan fingerprint density at radius 2 is 2.09 bits per heavy atom. The van der Waals surface area contributed by atoms with Crippen LogP contribution in [0.5, 0.6) is 0 Å². The quantitative estimate of drug-likeness (QED) is 0.240. The Kier molecular flexibility index (Phi) is 5.61. The molecule has 1 aliphatic carbocycles. The molecule has 5 rings (SSSR count). The monoisotopic (exact) mass is 576 g/mol. The van der Waals surface area contributed by atoms with Crippen molar-refractivity contribution in [3.63, 3.8) is 0 Å². The maximum atomic E-state index is 13.6. The largest absolute Gasteiger partial charge is 0.458 e. The van der Waals surface area contributed by atoms with Gasteiger partial charge in [0.1, 0.15) is 18.1 Å². The number of alkyl halides is 1. The van der Waals surface area contributed by atoms with Crippen LogP contribution in [0.15, 0.2) is 46.6 Å². The molecule has 0 aromatic heterocycles. The number of aliphatic hydroxyl groups is 1. The molecule has 0 bridgehead atoms. The zero-order valence-electron chi connectivity index (χ0n) is 19.3. The van der Waals surface area contributed by atoms with Crippen molar-refractivity contribution in [3.8, 4) is 0 Å². The number of cyclic esters (lactones) is 1. The molecule has 0 spiro atoms. The van der Waals surface area contributed by atoms with Gasteiger partial charge in [0.15, 0.2) is 5.60 Å². The lowest BCUT2D eigenvalue weighted by atomic mass is 9.78. The van der Waals surface area contributed by atoms with Crippen LogP contribution in [-0.2, 0) is 27.3 Å². The van der Waals surface area contributed by atoms with Gasteiger partial charge < -0.3 is 20.1 Å². The number of ether oxygens (including phenoxy) is 1. The number of rotatable bonds is 5. The highest BCUT2D eigenvalue weighted by Crippen LogP contribution is 2.44. The Labute approximate surface area is 208 Å². The van der Waals surface area contributed by atoms with E-state index in [9.17, 15) is 14.7 Å². The molecule has 3 aliphatic heterocycles. The second kappa shape index (κ2) is 8.09. The van der Waals surface area contributed by atoms with Crippen LogP contribution in [0.2, 0.25) is 19.1 Å². The van der Waals surface area contributed by atoms with Crippen molar-refractivity contribution in [1.82, 2.24) is 10.2 Å². The SMILES string of the molecule is CC[C@@]1(O)C(=O)OCC2=C1CC1=C(C2=O)N2Cc3c(cccc3CC[Si](C)(C)CI)C=C2N1. The lowest BCUT2D eigenvalue weighted by molar-refractivity contribution is -0.163. The fourth-order valence-corrected chi connectivity index (χ4v) is 7.37. The first-order valence-corrected chi connectivity index (χ1v) is 16.5. The Morgan fingerprint density at radius 1 is 1.30 bits per heavy atom. The fourth-order valence-electron chi connectivity index (χ4n) is 5.14. The third-order valence-electron chi connectivity index (χ3n) is 7.38. The minimum absolute atomic E-state index is 0.0726. The molecule has 1 atom stereocenters. The first-order valence-electron chi connectivity index (χ1n) is 11.5. The van der Waals surface area contributed by atoms with Gasteiger partial charge in [-0.25, -0.2) is 4.79 Å². The predicted molar refractivity (Wildman–Crippen MR) is 138 cm³/mol. The fraction of sp³-hybridized carbons (Fsp3) is 0.440. The Hall–Kier alpha value is -1.91. The molecule has 8 heteroatoms. The number of fused-ring (bicyclic) bond motifs is 3. The van der Waals surface area contributed by atoms with Crippen LogP contribution in [-0.4, -0.2) is 46.1 Å². The number of ketones is 1. The standard InChI is InChI=1S/C25H29IN2O4Si/c1-4-25(31)19-11-20-22(23(29)18(19)13-32-24(25)30)28-12-17-15(8-9-33(2,3)14-26)6-5-7-16(17)10-21(28)27-20/h5-7,10,27,31H,4,8-9,11-14H2,1-3H3/t25-/m0/s1. The Morgan fingerprint density at radius 3 is 2.82 bits per heavy atom. The number of carbonyl (C=O) groups excluding carboxylic acids is 2. The number of nitrogens with one attached hydrogen (secondary N) is 1. The Balaban J connectivity index is 1.47. The van der Waals surface area contributed by atoms with E-state index in [1.165, 1.54) is 26.8 Å². The normalized spacial score (nSPS) is 24.0. The van der Waals surface area contributed by atoms with E-state index >= 15 is 0 Å². The molecule has 3 heterocycles. The van der Waals surface area contributed by atoms with Crippen LogP contribution in [0.4, 0.5) is 0 Å². The molecule has 33 heavy (non-hydrogen) atoms. The smallest absolute Gasteiger partial charge is 0.342 e. The van der Waals surface area contributed by atoms with E-state index in [1.807, 2.05) is 0 Å². The highest BCUT2D eigenvalue weighted by molar-refractivity contribution is 14.1. The average Bonchev–Trinajstić information content (AvgIpc) is 3.16. The van der Waals surface area contributed by atoms with Crippen LogP contribution in [0.25, 0.3) is 6.08 Å². The highest BCUT2D eigenvalue weighted by Gasteiger charge is 2.50. The van der Waals surface area contributed by atoms with E-state index < -0.39 is 19.6 Å². The van der Waals surface area contributed by atoms with Crippen LogP contribution in [0.1, 0.15) is 36.5 Å². The van der Waals surface area contributed by atoms with Gasteiger partial charge in [-0.05, 0) is 45.2 Å². The molecule has 6 nitrogen and oxygen atoms in total. The van der Waals surface area contributed by atoms with E-state index in [-0.39, 0.29) is 18.8 Å². The van der Waals surface area contributed by atoms with Crippen molar-refractivity contribution >= 4 is 48.5 Å². The van der Waals surface area contributed by atoms with E-state index in [2.05, 4.69) is 70.2 Å². The first-order chi connectivity index (χ1) is 15.7. The van der Waals surface area contributed by atoms with Gasteiger partial charge in [-0.2, -0.15) is 0 Å². The van der Waals surface area contributed by atoms with Crippen LogP contribution in [0, 0.1) is 0 Å². The first kappa shape index (κ1) is 22.9. The van der Waals surface area contributed by atoms with Gasteiger partial charge >= 0.3 is 5.97 Å². The summed E-state index contributed by atoms with van der Waals surface area (Å²) in [7, 11) is -1.20. The number of halogens is 1. The molecule has 0 unspecified atom stereocenters. The minimum atomic E-state index is -1.73. The van der Waals surface area contributed by atoms with Crippen molar-refractivity contribution in [3.05, 3.63) is 63.3 Å². The molecule has 4 aliphatic rings. The number of hydrogen-bond donors (Lipinski definition) is 2. The summed E-state index contributed by atoms with van der Waals surface area (Å²) >= 11 is 2.52. The number of hydrogen-bond acceptors (Lipinski definition) is 6. The van der Waals surface area contributed by atoms with Gasteiger partial charge in [-0.1, -0.05) is 66.9 Å². The summed E-state index contributed by atoms with van der Waals surface area (Å²) in [5, 5.41) is 14.4. The van der Waals surface area contributed by atoms with Crippen molar-refractivity contribution in [2.75, 3.05) is 10.7 Å². The van der Waals surface area contributed by atoms with Crippen LogP contribution in [0.3, 0.4) is 0 Å². The molecule has 0 radical (unpaired) electrons. The maximum absolute atomic E-state index is 13.6. The topological polar surface area (TPSA) is 78.9 Å². The third-order valence-corrected chi connectivity index (χ3v) is 15.9. The molecule has 0 fully saturated rings. The summed E-state index contributed by atoms with van der Waals surface area (Å²) in [5.41, 5.74) is 4.40. The summed E-state index contributed by atoms with van der Waals surface area (Å²) in [6, 6.07) is 7.72. The lowest BCUT2D eigenvalue weighted by Gasteiger charge is -2.36. The number of allylic oxidation sites excluding steroid dienone is 2. The molecule has 0 saturated heterocycles. The summed E-state index contributed by atoms with van der Waals surface area (Å²) in [5.74, 6) is 0.0681. The third kappa shape index (κ3) is 3.61. The van der Waals surface area contributed by atoms with E-state index in [0.717, 1.165) is 17.9 Å². The second-order valence-corrected chi connectivity index (χ2v) is 17.5. The summed E-state index contributed by atoms with van der Waals surface area (Å²) in [4.78, 5) is 28.0. The summed E-state index contributed by atoms with van der Waals surface area (Å²) in [6.07, 6.45) is 3.70. The van der Waals surface area contributed by atoms with E-state index in [1.54, 1.807) is 6.92 Å². The minimum Gasteiger partial charge on any atom is -0.458 e. The molecule has 0 saturated carbocycles. The summed E-state index contributed by atoms with van der Waals surface area (Å²) < 4.78 is 6.46. The predicted octanol–water partition coefficient (Wildman–Crippen LogP) is 3.81. The highest BCUT2D eigenvalue weighted by atomic mass is 127. The molecule has 0 amide bonds. The van der Waals surface area contributed by atoms with Gasteiger partial charge in [0.25, 0.3) is 0 Å². The average molecular weight is 577 g/mol. The molecule has 2 N–H and O–H groups in total. The van der Waals surface area contributed by atoms with Crippen molar-refractivity contribution in [2.24, 2.45) is 0 Å². The number of esters is 1. The molecule has 1 aromatic carbocycles. The second-order valence-electron chi connectivity index (χ2n) is 10.1. The van der Waals surface area contributed by atoms with E-state index in [4.69, 9.17) is 4.74 Å². The Bertz CT molecular complexity index is 1170. The van der Waals surface area contributed by atoms with Gasteiger partial charge in [-0.3, -0.25) is 4.79 Å². The van der Waals surface area contributed by atoms with E-state index in [0.29, 0.717) is 29.8 Å². The molecule has 174 valence electrons. The van der Waals surface area contributed by atoms with Gasteiger partial charge in [0.2, 0.25) is 5.78 Å². The van der Waals surface area contributed by atoms with Crippen molar-refractivity contribution < 1.29 is 19.4 Å². The lowest BCUT2D eigenvalue weighted by Crippen LogP contribution is -2.48. The zero-order chi connectivity index (χ0) is 23.5. The molecular weight excluding hydrogens is 547 g/mol. The van der Waals surface area contributed by atoms with Crippen LogP contribution < -0.4 is 5.32 Å². The zero-order valence-corrected chi connectivity index (χ0v) is 22.4. The number of carbonyl (C=O) groups is 2. The number of benzene rings is 1. The summed E-state index contributed by atoms with van der Waals surface area (Å²) in [6.45, 7) is 7.18. The van der Waals surface area contributed by atoms with Gasteiger partial charge in [0, 0.05) is 17.7 Å². The maximum Gasteiger partial charge on any atom is 0.342 e. The van der Waals surface area contributed by atoms with Crippen molar-refractivity contribution in [1.29, 1.82) is 0 Å². The van der Waals surface area contributed by atoms with Gasteiger partial charge in [-0.15, -0.1) is 0 Å². The van der Waals surface area contributed by atoms with Crippen molar-refractivity contribution in [2.45, 2.75) is 57.5 Å². The number of nitrogens with zero attached hydrogens (tertiary/aromatic N) is 1. The van der Waals surface area contributed by atoms with Gasteiger partial charge in [0.05, 0.1) is 14.6 Å².